The molecule has 17 heavy (non-hydrogen) atoms. The van der Waals surface area contributed by atoms with Gasteiger partial charge in [0.15, 0.2) is 0 Å². The van der Waals surface area contributed by atoms with Gasteiger partial charge in [0.2, 0.25) is 0 Å². The predicted molar refractivity (Wildman–Crippen MR) is 75.1 cm³/mol. The maximum atomic E-state index is 11.6. The highest BCUT2D eigenvalue weighted by Crippen LogP contribution is 2.36. The SMILES string of the molecule is CC(C)[C@@H](O)c1cc(I)c2c(c1Cl)CNC2=O. The van der Waals surface area contributed by atoms with Crippen molar-refractivity contribution in [1.82, 2.24) is 5.32 Å². The topological polar surface area (TPSA) is 49.3 Å². The summed E-state index contributed by atoms with van der Waals surface area (Å²) in [5.41, 5.74) is 2.16. The van der Waals surface area contributed by atoms with Gasteiger partial charge in [-0.05, 0) is 34.6 Å². The molecular weight excluding hydrogens is 352 g/mol. The van der Waals surface area contributed by atoms with E-state index in [4.69, 9.17) is 11.6 Å². The van der Waals surface area contributed by atoms with Crippen LogP contribution in [0.25, 0.3) is 0 Å². The first-order chi connectivity index (χ1) is 7.93. The summed E-state index contributed by atoms with van der Waals surface area (Å²) in [6.45, 7) is 4.32. The number of fused-ring (bicyclic) bond motifs is 1. The lowest BCUT2D eigenvalue weighted by Crippen LogP contribution is -2.13. The van der Waals surface area contributed by atoms with Gasteiger partial charge in [0.25, 0.3) is 5.91 Å². The number of hydrogen-bond acceptors (Lipinski definition) is 2. The second-order valence-corrected chi connectivity index (χ2v) is 6.03. The standard InChI is InChI=1S/C12H13ClINO2/c1-5(2)11(16)6-3-8(14)9-7(10(6)13)4-15-12(9)17/h3,5,11,16H,4H2,1-2H3,(H,15,17)/t11-/m1/s1. The van der Waals surface area contributed by atoms with E-state index in [9.17, 15) is 9.90 Å². The summed E-state index contributed by atoms with van der Waals surface area (Å²) in [6, 6.07) is 1.80. The molecule has 1 aromatic carbocycles. The van der Waals surface area contributed by atoms with Crippen molar-refractivity contribution in [3.05, 3.63) is 31.3 Å². The van der Waals surface area contributed by atoms with Crippen LogP contribution in [0.3, 0.4) is 0 Å². The van der Waals surface area contributed by atoms with Crippen molar-refractivity contribution in [3.8, 4) is 0 Å². The Balaban J connectivity index is 2.59. The molecule has 92 valence electrons. The van der Waals surface area contributed by atoms with Gasteiger partial charge in [-0.1, -0.05) is 25.4 Å². The highest BCUT2D eigenvalue weighted by atomic mass is 127. The van der Waals surface area contributed by atoms with Gasteiger partial charge in [-0.3, -0.25) is 4.79 Å². The lowest BCUT2D eigenvalue weighted by molar-refractivity contribution is 0.0964. The van der Waals surface area contributed by atoms with Gasteiger partial charge in [0.1, 0.15) is 0 Å². The van der Waals surface area contributed by atoms with E-state index in [1.54, 1.807) is 6.07 Å². The molecule has 0 bridgehead atoms. The summed E-state index contributed by atoms with van der Waals surface area (Å²) >= 11 is 8.38. The Kier molecular flexibility index (Phi) is 3.66. The van der Waals surface area contributed by atoms with Gasteiger partial charge in [-0.15, -0.1) is 0 Å². The van der Waals surface area contributed by atoms with Crippen molar-refractivity contribution in [3.63, 3.8) is 0 Å². The van der Waals surface area contributed by atoms with E-state index in [1.165, 1.54) is 0 Å². The fourth-order valence-electron chi connectivity index (χ4n) is 1.94. The Bertz CT molecular complexity index is 488. The molecule has 0 unspecified atom stereocenters. The van der Waals surface area contributed by atoms with Crippen molar-refractivity contribution in [2.24, 2.45) is 5.92 Å². The third kappa shape index (κ3) is 2.18. The molecule has 1 atom stereocenters. The van der Waals surface area contributed by atoms with Gasteiger partial charge in [-0.2, -0.15) is 0 Å². The molecule has 1 amide bonds. The van der Waals surface area contributed by atoms with Gasteiger partial charge in [0, 0.05) is 21.2 Å². The number of aliphatic hydroxyl groups excluding tert-OH is 1. The van der Waals surface area contributed by atoms with E-state index in [-0.39, 0.29) is 11.8 Å². The minimum absolute atomic E-state index is 0.0862. The first kappa shape index (κ1) is 13.1. The number of carbonyl (C=O) groups excluding carboxylic acids is 1. The van der Waals surface area contributed by atoms with Crippen LogP contribution in [-0.4, -0.2) is 11.0 Å². The van der Waals surface area contributed by atoms with Crippen LogP contribution in [0.4, 0.5) is 0 Å². The molecule has 0 saturated carbocycles. The van der Waals surface area contributed by atoms with E-state index in [0.29, 0.717) is 22.7 Å². The third-order valence-corrected chi connectivity index (χ3v) is 4.24. The summed E-state index contributed by atoms with van der Waals surface area (Å²) in [5, 5.41) is 13.4. The molecule has 0 saturated heterocycles. The van der Waals surface area contributed by atoms with Crippen LogP contribution >= 0.6 is 34.2 Å². The first-order valence-corrected chi connectivity index (χ1v) is 6.86. The van der Waals surface area contributed by atoms with Gasteiger partial charge in [-0.25, -0.2) is 0 Å². The Morgan fingerprint density at radius 3 is 2.76 bits per heavy atom. The number of amides is 1. The van der Waals surface area contributed by atoms with E-state index in [0.717, 1.165) is 9.13 Å². The first-order valence-electron chi connectivity index (χ1n) is 5.40. The fourth-order valence-corrected chi connectivity index (χ4v) is 3.18. The molecule has 0 aromatic heterocycles. The Morgan fingerprint density at radius 1 is 1.53 bits per heavy atom. The van der Waals surface area contributed by atoms with Crippen LogP contribution in [0, 0.1) is 9.49 Å². The van der Waals surface area contributed by atoms with Crippen LogP contribution in [0.2, 0.25) is 5.02 Å². The minimum atomic E-state index is -0.600. The van der Waals surface area contributed by atoms with Gasteiger partial charge in [0.05, 0.1) is 16.7 Å². The van der Waals surface area contributed by atoms with Crippen molar-refractivity contribution >= 4 is 40.1 Å². The largest absolute Gasteiger partial charge is 0.388 e. The highest BCUT2D eigenvalue weighted by Gasteiger charge is 2.28. The average Bonchev–Trinajstić information content (AvgIpc) is 2.65. The zero-order chi connectivity index (χ0) is 12.7. The molecule has 2 N–H and O–H groups in total. The maximum Gasteiger partial charge on any atom is 0.253 e. The Hall–Kier alpha value is -0.330. The number of nitrogens with one attached hydrogen (secondary N) is 1. The molecule has 0 spiro atoms. The van der Waals surface area contributed by atoms with Crippen LogP contribution < -0.4 is 5.32 Å². The Labute approximate surface area is 119 Å². The van der Waals surface area contributed by atoms with E-state index in [2.05, 4.69) is 27.9 Å². The number of rotatable bonds is 2. The molecule has 0 fully saturated rings. The summed E-state index contributed by atoms with van der Waals surface area (Å²) in [6.07, 6.45) is -0.600. The molecule has 0 radical (unpaired) electrons. The van der Waals surface area contributed by atoms with Gasteiger partial charge < -0.3 is 10.4 Å². The lowest BCUT2D eigenvalue weighted by Gasteiger charge is -2.18. The quantitative estimate of drug-likeness (QED) is 0.792. The third-order valence-electron chi connectivity index (χ3n) is 2.94. The molecule has 3 nitrogen and oxygen atoms in total. The number of hydrogen-bond donors (Lipinski definition) is 2. The van der Waals surface area contributed by atoms with Crippen LogP contribution in [0.5, 0.6) is 0 Å². The van der Waals surface area contributed by atoms with Gasteiger partial charge >= 0.3 is 0 Å². The molecule has 1 aliphatic rings. The van der Waals surface area contributed by atoms with E-state index in [1.807, 2.05) is 13.8 Å². The molecule has 1 aromatic rings. The molecule has 1 heterocycles. The van der Waals surface area contributed by atoms with Crippen LogP contribution in [-0.2, 0) is 6.54 Å². The van der Waals surface area contributed by atoms with Crippen molar-refractivity contribution < 1.29 is 9.90 Å². The monoisotopic (exact) mass is 365 g/mol. The second kappa shape index (κ2) is 4.74. The maximum absolute atomic E-state index is 11.6. The number of carbonyl (C=O) groups is 1. The predicted octanol–water partition coefficient (Wildman–Crippen LogP) is 2.88. The van der Waals surface area contributed by atoms with Crippen molar-refractivity contribution in [1.29, 1.82) is 0 Å². The minimum Gasteiger partial charge on any atom is -0.388 e. The smallest absolute Gasteiger partial charge is 0.253 e. The molecule has 2 rings (SSSR count). The number of halogens is 2. The lowest BCUT2D eigenvalue weighted by atomic mass is 9.96. The van der Waals surface area contributed by atoms with Crippen LogP contribution in [0.15, 0.2) is 6.07 Å². The second-order valence-electron chi connectivity index (χ2n) is 4.49. The molecule has 5 heteroatoms. The summed E-state index contributed by atoms with van der Waals surface area (Å²) in [4.78, 5) is 11.6. The van der Waals surface area contributed by atoms with Crippen LogP contribution in [0.1, 0.15) is 41.4 Å². The summed E-state index contributed by atoms with van der Waals surface area (Å²) in [5.74, 6) is 0.00306. The molecule has 1 aliphatic heterocycles. The van der Waals surface area contributed by atoms with Crippen molar-refractivity contribution in [2.45, 2.75) is 26.5 Å². The Morgan fingerprint density at radius 2 is 2.18 bits per heavy atom. The zero-order valence-electron chi connectivity index (χ0n) is 9.55. The number of benzene rings is 1. The van der Waals surface area contributed by atoms with Crippen molar-refractivity contribution in [2.75, 3.05) is 0 Å². The average molecular weight is 366 g/mol. The van der Waals surface area contributed by atoms with E-state index >= 15 is 0 Å². The highest BCUT2D eigenvalue weighted by molar-refractivity contribution is 14.1. The van der Waals surface area contributed by atoms with E-state index < -0.39 is 6.10 Å². The summed E-state index contributed by atoms with van der Waals surface area (Å²) < 4.78 is 0.840. The normalized spacial score (nSPS) is 16.0. The molecular formula is C12H13ClINO2. The molecule has 0 aliphatic carbocycles. The zero-order valence-corrected chi connectivity index (χ0v) is 12.5. The fraction of sp³-hybridized carbons (Fsp3) is 0.417. The summed E-state index contributed by atoms with van der Waals surface area (Å²) in [7, 11) is 0. The number of aliphatic hydroxyl groups is 1.